The molecule has 0 saturated carbocycles. The van der Waals surface area contributed by atoms with Crippen LogP contribution in [0.15, 0.2) is 41.7 Å². The molecule has 0 unspecified atom stereocenters. The highest BCUT2D eigenvalue weighted by Gasteiger charge is 2.13. The molecular weight excluding hydrogens is 318 g/mol. The summed E-state index contributed by atoms with van der Waals surface area (Å²) >= 11 is 7.35. The lowest BCUT2D eigenvalue weighted by Crippen LogP contribution is -2.26. The second-order valence-corrected chi connectivity index (χ2v) is 5.93. The maximum Gasteiger partial charge on any atom is 0.271 e. The smallest absolute Gasteiger partial charge is 0.271 e. The first kappa shape index (κ1) is 16.8. The van der Waals surface area contributed by atoms with E-state index in [1.807, 2.05) is 24.5 Å². The van der Waals surface area contributed by atoms with E-state index in [1.165, 1.54) is 23.5 Å². The number of carbonyl (C=O) groups is 1. The number of unbranched alkanes of at least 4 members (excludes halogenated alkanes) is 1. The van der Waals surface area contributed by atoms with Gasteiger partial charge in [0.25, 0.3) is 5.91 Å². The van der Waals surface area contributed by atoms with Crippen LogP contribution in [0.2, 0.25) is 5.02 Å². The largest absolute Gasteiger partial charge is 0.351 e. The van der Waals surface area contributed by atoms with Crippen LogP contribution in [0.4, 0.5) is 0 Å². The van der Waals surface area contributed by atoms with Crippen molar-refractivity contribution in [3.63, 3.8) is 0 Å². The van der Waals surface area contributed by atoms with Crippen LogP contribution in [0.3, 0.4) is 0 Å². The van der Waals surface area contributed by atoms with Gasteiger partial charge in [-0.15, -0.1) is 0 Å². The number of aromatic nitrogens is 2. The highest BCUT2D eigenvalue weighted by molar-refractivity contribution is 7.98. The number of halogens is 1. The third-order valence-corrected chi connectivity index (χ3v) is 3.98. The number of thioether (sulfide) groups is 1. The van der Waals surface area contributed by atoms with Crippen LogP contribution in [0.25, 0.3) is 0 Å². The van der Waals surface area contributed by atoms with E-state index in [-0.39, 0.29) is 16.6 Å². The molecule has 0 atom stereocenters. The Morgan fingerprint density at radius 1 is 1.27 bits per heavy atom. The van der Waals surface area contributed by atoms with Gasteiger partial charge in [-0.25, -0.2) is 9.97 Å². The summed E-state index contributed by atoms with van der Waals surface area (Å²) in [6.45, 7) is 0.612. The van der Waals surface area contributed by atoms with Crippen LogP contribution in [0, 0.1) is 0 Å². The van der Waals surface area contributed by atoms with Crippen molar-refractivity contribution in [1.29, 1.82) is 0 Å². The third kappa shape index (κ3) is 5.00. The van der Waals surface area contributed by atoms with Crippen molar-refractivity contribution < 1.29 is 4.79 Å². The van der Waals surface area contributed by atoms with Gasteiger partial charge in [0, 0.05) is 6.54 Å². The highest BCUT2D eigenvalue weighted by atomic mass is 35.5. The van der Waals surface area contributed by atoms with Crippen molar-refractivity contribution >= 4 is 29.3 Å². The van der Waals surface area contributed by atoms with Crippen LogP contribution in [-0.2, 0) is 6.42 Å². The molecule has 0 aliphatic heterocycles. The molecule has 1 aromatic heterocycles. The molecule has 116 valence electrons. The van der Waals surface area contributed by atoms with Gasteiger partial charge in [0.15, 0.2) is 10.9 Å². The summed E-state index contributed by atoms with van der Waals surface area (Å²) < 4.78 is 0. The van der Waals surface area contributed by atoms with Gasteiger partial charge in [-0.05, 0) is 31.1 Å². The van der Waals surface area contributed by atoms with Gasteiger partial charge in [-0.1, -0.05) is 53.7 Å². The van der Waals surface area contributed by atoms with E-state index in [9.17, 15) is 4.79 Å². The summed E-state index contributed by atoms with van der Waals surface area (Å²) in [5.74, 6) is -0.248. The Labute approximate surface area is 139 Å². The Kier molecular flexibility index (Phi) is 6.68. The molecule has 0 radical (unpaired) electrons. The number of hydrogen-bond acceptors (Lipinski definition) is 4. The zero-order valence-electron chi connectivity index (χ0n) is 12.4. The molecule has 6 heteroatoms. The lowest BCUT2D eigenvalue weighted by atomic mass is 10.1. The van der Waals surface area contributed by atoms with Crippen molar-refractivity contribution in [3.8, 4) is 0 Å². The second-order valence-electron chi connectivity index (χ2n) is 4.75. The van der Waals surface area contributed by atoms with E-state index in [0.29, 0.717) is 11.7 Å². The molecule has 1 aromatic carbocycles. The molecule has 4 nitrogen and oxygen atoms in total. The fourth-order valence-corrected chi connectivity index (χ4v) is 2.51. The van der Waals surface area contributed by atoms with Crippen molar-refractivity contribution in [2.75, 3.05) is 12.8 Å². The maximum absolute atomic E-state index is 12.1. The fraction of sp³-hybridized carbons (Fsp3) is 0.312. The monoisotopic (exact) mass is 335 g/mol. The van der Waals surface area contributed by atoms with Gasteiger partial charge in [-0.2, -0.15) is 0 Å². The summed E-state index contributed by atoms with van der Waals surface area (Å²) in [5, 5.41) is 3.67. The van der Waals surface area contributed by atoms with Gasteiger partial charge >= 0.3 is 0 Å². The predicted octanol–water partition coefficient (Wildman–Crippen LogP) is 3.60. The number of nitrogens with one attached hydrogen (secondary N) is 1. The molecule has 0 aliphatic rings. The van der Waals surface area contributed by atoms with Crippen molar-refractivity contribution in [3.05, 3.63) is 52.8 Å². The number of hydrogen-bond donors (Lipinski definition) is 1. The Hall–Kier alpha value is -1.59. The number of amides is 1. The topological polar surface area (TPSA) is 54.9 Å². The molecule has 0 saturated heterocycles. The van der Waals surface area contributed by atoms with Gasteiger partial charge in [0.1, 0.15) is 0 Å². The molecule has 2 aromatic rings. The van der Waals surface area contributed by atoms with E-state index < -0.39 is 0 Å². The Morgan fingerprint density at radius 3 is 2.77 bits per heavy atom. The number of nitrogens with zero attached hydrogens (tertiary/aromatic N) is 2. The molecule has 2 rings (SSSR count). The summed E-state index contributed by atoms with van der Waals surface area (Å²) in [6.07, 6.45) is 6.28. The van der Waals surface area contributed by atoms with Gasteiger partial charge in [0.2, 0.25) is 0 Å². The van der Waals surface area contributed by atoms with Crippen LogP contribution in [0.5, 0.6) is 0 Å². The SMILES string of the molecule is CSc1ncc(Cl)c(C(=O)NCCCCc2ccccc2)n1. The number of aryl methyl sites for hydroxylation is 1. The van der Waals surface area contributed by atoms with Crippen molar-refractivity contribution in [2.24, 2.45) is 0 Å². The minimum atomic E-state index is -0.248. The van der Waals surface area contributed by atoms with Gasteiger partial charge < -0.3 is 5.32 Å². The Bertz CT molecular complexity index is 622. The molecule has 1 N–H and O–H groups in total. The first-order valence-electron chi connectivity index (χ1n) is 7.09. The average Bonchev–Trinajstić information content (AvgIpc) is 2.55. The minimum absolute atomic E-state index is 0.240. The van der Waals surface area contributed by atoms with Crippen LogP contribution < -0.4 is 5.32 Å². The number of rotatable bonds is 7. The van der Waals surface area contributed by atoms with Gasteiger partial charge in [0.05, 0.1) is 11.2 Å². The predicted molar refractivity (Wildman–Crippen MR) is 90.5 cm³/mol. The highest BCUT2D eigenvalue weighted by Crippen LogP contribution is 2.16. The second kappa shape index (κ2) is 8.76. The normalized spacial score (nSPS) is 10.5. The quantitative estimate of drug-likeness (QED) is 0.477. The lowest BCUT2D eigenvalue weighted by Gasteiger charge is -2.07. The Balaban J connectivity index is 1.76. The van der Waals surface area contributed by atoms with E-state index in [1.54, 1.807) is 0 Å². The molecular formula is C16H18ClN3OS. The van der Waals surface area contributed by atoms with E-state index in [2.05, 4.69) is 27.4 Å². The van der Waals surface area contributed by atoms with Crippen molar-refractivity contribution in [1.82, 2.24) is 15.3 Å². The van der Waals surface area contributed by atoms with E-state index >= 15 is 0 Å². The van der Waals surface area contributed by atoms with Crippen LogP contribution >= 0.6 is 23.4 Å². The molecule has 22 heavy (non-hydrogen) atoms. The molecule has 0 aliphatic carbocycles. The number of benzene rings is 1. The van der Waals surface area contributed by atoms with Gasteiger partial charge in [-0.3, -0.25) is 4.79 Å². The first-order valence-corrected chi connectivity index (χ1v) is 8.69. The molecule has 0 spiro atoms. The molecule has 1 amide bonds. The third-order valence-electron chi connectivity index (χ3n) is 3.14. The van der Waals surface area contributed by atoms with E-state index in [4.69, 9.17) is 11.6 Å². The van der Waals surface area contributed by atoms with Crippen LogP contribution in [0.1, 0.15) is 28.9 Å². The molecule has 0 bridgehead atoms. The standard InChI is InChI=1S/C16H18ClN3OS/c1-22-16-19-11-13(17)14(20-16)15(21)18-10-6-5-9-12-7-3-2-4-8-12/h2-4,7-8,11H,5-6,9-10H2,1H3,(H,18,21). The maximum atomic E-state index is 12.1. The molecule has 1 heterocycles. The summed E-state index contributed by atoms with van der Waals surface area (Å²) in [4.78, 5) is 20.2. The van der Waals surface area contributed by atoms with Crippen LogP contribution in [-0.4, -0.2) is 28.7 Å². The summed E-state index contributed by atoms with van der Waals surface area (Å²) in [5.41, 5.74) is 1.56. The first-order chi connectivity index (χ1) is 10.7. The summed E-state index contributed by atoms with van der Waals surface area (Å²) in [6, 6.07) is 10.3. The Morgan fingerprint density at radius 2 is 2.05 bits per heavy atom. The number of carbonyl (C=O) groups excluding carboxylic acids is 1. The summed E-state index contributed by atoms with van der Waals surface area (Å²) in [7, 11) is 0. The minimum Gasteiger partial charge on any atom is -0.351 e. The molecule has 0 fully saturated rings. The zero-order valence-corrected chi connectivity index (χ0v) is 14.0. The van der Waals surface area contributed by atoms with Crippen molar-refractivity contribution in [2.45, 2.75) is 24.4 Å². The average molecular weight is 336 g/mol. The lowest BCUT2D eigenvalue weighted by molar-refractivity contribution is 0.0947. The van der Waals surface area contributed by atoms with E-state index in [0.717, 1.165) is 19.3 Å². The zero-order chi connectivity index (χ0) is 15.8. The fourth-order valence-electron chi connectivity index (χ4n) is 1.99.